The van der Waals surface area contributed by atoms with Crippen LogP contribution in [0.1, 0.15) is 5.56 Å². The van der Waals surface area contributed by atoms with Gasteiger partial charge in [-0.15, -0.1) is 0 Å². The van der Waals surface area contributed by atoms with E-state index in [9.17, 15) is 14.0 Å². The van der Waals surface area contributed by atoms with Gasteiger partial charge in [0.05, 0.1) is 19.2 Å². The number of carbonyl (C=O) groups excluding carboxylic acids is 2. The number of nitrogens with one attached hydrogen (secondary N) is 3. The SMILES string of the molecule is COc1cc2c(Oc3ccc(NC(=O)C(=O)NCCc4ccccc4)cc3F)ccnc2cc1OCC1CNC1. The van der Waals surface area contributed by atoms with Crippen LogP contribution < -0.4 is 30.2 Å². The minimum Gasteiger partial charge on any atom is -0.493 e. The maximum atomic E-state index is 15.0. The van der Waals surface area contributed by atoms with Crippen molar-refractivity contribution in [1.29, 1.82) is 0 Å². The van der Waals surface area contributed by atoms with Crippen molar-refractivity contribution in [3.8, 4) is 23.0 Å². The average Bonchev–Trinajstić information content (AvgIpc) is 2.94. The first-order valence-corrected chi connectivity index (χ1v) is 12.9. The maximum absolute atomic E-state index is 15.0. The van der Waals surface area contributed by atoms with Gasteiger partial charge in [0.1, 0.15) is 5.75 Å². The van der Waals surface area contributed by atoms with E-state index >= 15 is 0 Å². The minimum atomic E-state index is -0.889. The topological polar surface area (TPSA) is 111 Å². The predicted octanol–water partition coefficient (Wildman–Crippen LogP) is 4.07. The molecule has 0 atom stereocenters. The lowest BCUT2D eigenvalue weighted by Gasteiger charge is -2.27. The Labute approximate surface area is 230 Å². The molecule has 0 spiro atoms. The number of carbonyl (C=O) groups is 2. The summed E-state index contributed by atoms with van der Waals surface area (Å²) < 4.78 is 32.3. The molecule has 1 fully saturated rings. The van der Waals surface area contributed by atoms with Crippen molar-refractivity contribution in [1.82, 2.24) is 15.6 Å². The number of rotatable bonds is 10. The highest BCUT2D eigenvalue weighted by Crippen LogP contribution is 2.38. The van der Waals surface area contributed by atoms with Crippen molar-refractivity contribution in [3.63, 3.8) is 0 Å². The van der Waals surface area contributed by atoms with Crippen molar-refractivity contribution in [2.24, 2.45) is 5.92 Å². The van der Waals surface area contributed by atoms with Crippen LogP contribution >= 0.6 is 0 Å². The first-order valence-electron chi connectivity index (χ1n) is 12.9. The number of fused-ring (bicyclic) bond motifs is 1. The molecule has 40 heavy (non-hydrogen) atoms. The molecule has 1 aliphatic rings. The van der Waals surface area contributed by atoms with Crippen LogP contribution in [0.4, 0.5) is 10.1 Å². The number of pyridine rings is 1. The van der Waals surface area contributed by atoms with Crippen LogP contribution in [0.5, 0.6) is 23.0 Å². The van der Waals surface area contributed by atoms with Crippen LogP contribution in [-0.2, 0) is 16.0 Å². The van der Waals surface area contributed by atoms with Gasteiger partial charge in [0.15, 0.2) is 23.1 Å². The number of hydrogen-bond donors (Lipinski definition) is 3. The molecule has 2 heterocycles. The molecule has 0 unspecified atom stereocenters. The van der Waals surface area contributed by atoms with E-state index in [1.807, 2.05) is 30.3 Å². The lowest BCUT2D eigenvalue weighted by Crippen LogP contribution is -2.45. The third kappa shape index (κ3) is 6.47. The van der Waals surface area contributed by atoms with Crippen molar-refractivity contribution in [2.45, 2.75) is 6.42 Å². The number of methoxy groups -OCH3 is 1. The van der Waals surface area contributed by atoms with E-state index in [-0.39, 0.29) is 11.4 Å². The Kier molecular flexibility index (Phi) is 8.36. The third-order valence-electron chi connectivity index (χ3n) is 6.49. The van der Waals surface area contributed by atoms with Crippen molar-refractivity contribution in [2.75, 3.05) is 38.7 Å². The molecule has 0 radical (unpaired) electrons. The van der Waals surface area contributed by atoms with E-state index in [2.05, 4.69) is 20.9 Å². The van der Waals surface area contributed by atoms with E-state index < -0.39 is 17.6 Å². The fraction of sp³-hybridized carbons (Fsp3) is 0.233. The van der Waals surface area contributed by atoms with Crippen LogP contribution in [-0.4, -0.2) is 50.1 Å². The summed E-state index contributed by atoms with van der Waals surface area (Å²) in [6.45, 7) is 2.70. The summed E-state index contributed by atoms with van der Waals surface area (Å²) in [7, 11) is 1.55. The van der Waals surface area contributed by atoms with Crippen molar-refractivity contribution in [3.05, 3.63) is 84.3 Å². The van der Waals surface area contributed by atoms with Crippen LogP contribution in [0.2, 0.25) is 0 Å². The highest BCUT2D eigenvalue weighted by molar-refractivity contribution is 6.39. The zero-order valence-corrected chi connectivity index (χ0v) is 21.9. The first kappa shape index (κ1) is 26.9. The molecule has 4 aromatic rings. The Hall–Kier alpha value is -4.70. The van der Waals surface area contributed by atoms with Gasteiger partial charge in [-0.2, -0.15) is 0 Å². The van der Waals surface area contributed by atoms with E-state index in [1.165, 1.54) is 12.1 Å². The molecule has 0 aliphatic carbocycles. The molecule has 206 valence electrons. The first-order chi connectivity index (χ1) is 19.5. The largest absolute Gasteiger partial charge is 0.493 e. The van der Waals surface area contributed by atoms with Gasteiger partial charge in [-0.25, -0.2) is 4.39 Å². The monoisotopic (exact) mass is 544 g/mol. The minimum absolute atomic E-state index is 0.0606. The Morgan fingerprint density at radius 1 is 0.975 bits per heavy atom. The van der Waals surface area contributed by atoms with Crippen LogP contribution in [0.25, 0.3) is 10.9 Å². The molecule has 0 saturated carbocycles. The van der Waals surface area contributed by atoms with Crippen LogP contribution in [0, 0.1) is 11.7 Å². The van der Waals surface area contributed by atoms with Gasteiger partial charge < -0.3 is 30.2 Å². The summed E-state index contributed by atoms with van der Waals surface area (Å²) in [6.07, 6.45) is 2.15. The summed E-state index contributed by atoms with van der Waals surface area (Å²) in [4.78, 5) is 28.8. The summed E-state index contributed by atoms with van der Waals surface area (Å²) in [6, 6.07) is 18.7. The molecule has 10 heteroatoms. The molecule has 1 aliphatic heterocycles. The summed E-state index contributed by atoms with van der Waals surface area (Å²) in [5.74, 6) is -0.566. The lowest BCUT2D eigenvalue weighted by atomic mass is 10.1. The zero-order valence-electron chi connectivity index (χ0n) is 21.9. The maximum Gasteiger partial charge on any atom is 0.313 e. The Balaban J connectivity index is 1.23. The van der Waals surface area contributed by atoms with Gasteiger partial charge in [0.2, 0.25) is 0 Å². The molecule has 2 amide bonds. The van der Waals surface area contributed by atoms with Gasteiger partial charge in [0.25, 0.3) is 0 Å². The summed E-state index contributed by atoms with van der Waals surface area (Å²) in [5, 5.41) is 8.80. The number of nitrogens with zero attached hydrogens (tertiary/aromatic N) is 1. The van der Waals surface area contributed by atoms with Crippen molar-refractivity contribution < 1.29 is 28.2 Å². The smallest absolute Gasteiger partial charge is 0.313 e. The third-order valence-corrected chi connectivity index (χ3v) is 6.49. The number of hydrogen-bond acceptors (Lipinski definition) is 7. The predicted molar refractivity (Wildman–Crippen MR) is 148 cm³/mol. The van der Waals surface area contributed by atoms with Gasteiger partial charge in [0, 0.05) is 55.0 Å². The molecule has 3 N–H and O–H groups in total. The number of benzene rings is 3. The normalized spacial score (nSPS) is 12.8. The number of ether oxygens (including phenoxy) is 3. The number of amides is 2. The Bertz CT molecular complexity index is 1510. The van der Waals surface area contributed by atoms with Gasteiger partial charge >= 0.3 is 11.8 Å². The number of anilines is 1. The highest BCUT2D eigenvalue weighted by atomic mass is 19.1. The number of halogens is 1. The molecule has 1 saturated heterocycles. The quantitative estimate of drug-likeness (QED) is 0.258. The zero-order chi connectivity index (χ0) is 27.9. The van der Waals surface area contributed by atoms with Gasteiger partial charge in [-0.05, 0) is 36.2 Å². The lowest BCUT2D eigenvalue weighted by molar-refractivity contribution is -0.136. The van der Waals surface area contributed by atoms with Crippen LogP contribution in [0.3, 0.4) is 0 Å². The fourth-order valence-electron chi connectivity index (χ4n) is 4.18. The van der Waals surface area contributed by atoms with E-state index in [1.54, 1.807) is 31.5 Å². The van der Waals surface area contributed by atoms with Crippen LogP contribution in [0.15, 0.2) is 72.9 Å². The molecule has 0 bridgehead atoms. The van der Waals surface area contributed by atoms with E-state index in [0.29, 0.717) is 53.6 Å². The Morgan fingerprint density at radius 3 is 2.52 bits per heavy atom. The molecular formula is C30H29FN4O5. The van der Waals surface area contributed by atoms with E-state index in [0.717, 1.165) is 24.7 Å². The summed E-state index contributed by atoms with van der Waals surface area (Å²) >= 11 is 0. The highest BCUT2D eigenvalue weighted by Gasteiger charge is 2.20. The molecule has 9 nitrogen and oxygen atoms in total. The standard InChI is InChI=1S/C30H29FN4O5/c1-38-27-14-22-24(15-28(27)39-18-20-16-32-17-20)33-12-10-25(22)40-26-8-7-21(13-23(26)31)35-30(37)29(36)34-11-9-19-5-3-2-4-6-19/h2-8,10,12-15,20,32H,9,11,16-18H2,1H3,(H,34,36)(H,35,37). The average molecular weight is 545 g/mol. The second-order valence-corrected chi connectivity index (χ2v) is 9.36. The molecular weight excluding hydrogens is 515 g/mol. The van der Waals surface area contributed by atoms with Gasteiger partial charge in [-0.1, -0.05) is 30.3 Å². The molecule has 1 aromatic heterocycles. The number of aromatic nitrogens is 1. The second-order valence-electron chi connectivity index (χ2n) is 9.36. The second kappa shape index (κ2) is 12.4. The van der Waals surface area contributed by atoms with Gasteiger partial charge in [-0.3, -0.25) is 14.6 Å². The van der Waals surface area contributed by atoms with Crippen molar-refractivity contribution >= 4 is 28.4 Å². The fourth-order valence-corrected chi connectivity index (χ4v) is 4.18. The summed E-state index contributed by atoms with van der Waals surface area (Å²) in [5.41, 5.74) is 1.76. The molecule has 5 rings (SSSR count). The molecule has 3 aromatic carbocycles. The van der Waals surface area contributed by atoms with E-state index in [4.69, 9.17) is 14.2 Å². The Morgan fingerprint density at radius 2 is 1.80 bits per heavy atom.